The number of carbonyl (C=O) groups excluding carboxylic acids is 1. The van der Waals surface area contributed by atoms with E-state index in [1.54, 1.807) is 6.92 Å². The predicted molar refractivity (Wildman–Crippen MR) is 133 cm³/mol. The van der Waals surface area contributed by atoms with Crippen LogP contribution >= 0.6 is 11.6 Å². The number of hydrogen-bond donors (Lipinski definition) is 1. The number of halogens is 6. The van der Waals surface area contributed by atoms with Crippen molar-refractivity contribution < 1.29 is 44.6 Å². The van der Waals surface area contributed by atoms with Gasteiger partial charge >= 0.3 is 6.18 Å². The Balaban J connectivity index is 1.74. The first-order valence-electron chi connectivity index (χ1n) is 11.4. The van der Waals surface area contributed by atoms with Gasteiger partial charge in [-0.25, -0.2) is 17.2 Å². The van der Waals surface area contributed by atoms with Gasteiger partial charge in [-0.2, -0.15) is 13.2 Å². The smallest absolute Gasteiger partial charge is 0.417 e. The molecule has 39 heavy (non-hydrogen) atoms. The minimum absolute atomic E-state index is 0.00491. The lowest BCUT2D eigenvalue weighted by Crippen LogP contribution is -2.45. The van der Waals surface area contributed by atoms with E-state index in [4.69, 9.17) is 21.1 Å². The molecule has 0 saturated heterocycles. The van der Waals surface area contributed by atoms with Gasteiger partial charge in [-0.1, -0.05) is 17.7 Å². The van der Waals surface area contributed by atoms with Crippen LogP contribution in [0.4, 0.5) is 33.3 Å². The zero-order valence-electron chi connectivity index (χ0n) is 20.1. The Labute approximate surface area is 225 Å². The minimum Gasteiger partial charge on any atom is -0.484 e. The third-order valence-corrected chi connectivity index (χ3v) is 7.77. The number of benzene rings is 3. The molecule has 0 saturated carbocycles. The number of fused-ring (bicyclic) bond motifs is 1. The van der Waals surface area contributed by atoms with Gasteiger partial charge in [-0.15, -0.1) is 0 Å². The van der Waals surface area contributed by atoms with Gasteiger partial charge in [-0.05, 0) is 55.5 Å². The van der Waals surface area contributed by atoms with Crippen LogP contribution in [0.25, 0.3) is 0 Å². The molecular weight excluding hydrogens is 571 g/mol. The first kappa shape index (κ1) is 28.6. The summed E-state index contributed by atoms with van der Waals surface area (Å²) in [7, 11) is -4.49. The van der Waals surface area contributed by atoms with Crippen molar-refractivity contribution in [3.8, 4) is 5.75 Å². The Hall–Kier alpha value is -3.42. The van der Waals surface area contributed by atoms with Crippen LogP contribution in [0, 0.1) is 11.6 Å². The maximum Gasteiger partial charge on any atom is 0.417 e. The van der Waals surface area contributed by atoms with Crippen LogP contribution in [0.5, 0.6) is 5.75 Å². The van der Waals surface area contributed by atoms with Crippen molar-refractivity contribution in [1.82, 2.24) is 0 Å². The number of anilines is 2. The molecule has 3 aromatic rings. The molecule has 7 nitrogen and oxygen atoms in total. The summed E-state index contributed by atoms with van der Waals surface area (Å²) < 4.78 is 107. The fourth-order valence-electron chi connectivity index (χ4n) is 3.90. The fraction of sp³-hybridized carbons (Fsp3) is 0.240. The van der Waals surface area contributed by atoms with Crippen LogP contribution in [-0.4, -0.2) is 40.2 Å². The van der Waals surface area contributed by atoms with Gasteiger partial charge in [0, 0.05) is 12.3 Å². The summed E-state index contributed by atoms with van der Waals surface area (Å²) in [6.07, 6.45) is -5.65. The number of rotatable bonds is 7. The second kappa shape index (κ2) is 11.0. The average molecular weight is 591 g/mol. The predicted octanol–water partition coefficient (Wildman–Crippen LogP) is 5.88. The van der Waals surface area contributed by atoms with E-state index >= 15 is 0 Å². The molecule has 0 aromatic heterocycles. The maximum atomic E-state index is 13.9. The molecular formula is C25H20ClF5N2O5S. The molecule has 1 unspecified atom stereocenters. The zero-order valence-corrected chi connectivity index (χ0v) is 21.6. The molecule has 1 aliphatic heterocycles. The van der Waals surface area contributed by atoms with E-state index in [2.05, 4.69) is 5.32 Å². The molecule has 208 valence electrons. The molecule has 1 amide bonds. The molecule has 1 atom stereocenters. The molecule has 14 heteroatoms. The summed E-state index contributed by atoms with van der Waals surface area (Å²) in [5.74, 6) is -3.76. The highest BCUT2D eigenvalue weighted by molar-refractivity contribution is 7.92. The topological polar surface area (TPSA) is 84.9 Å². The zero-order chi connectivity index (χ0) is 28.5. The molecule has 1 heterocycles. The van der Waals surface area contributed by atoms with E-state index in [9.17, 15) is 35.2 Å². The summed E-state index contributed by atoms with van der Waals surface area (Å²) in [6, 6.07) is 8.75. The first-order valence-corrected chi connectivity index (χ1v) is 13.2. The molecule has 0 fully saturated rings. The van der Waals surface area contributed by atoms with Gasteiger partial charge < -0.3 is 14.8 Å². The SMILES string of the molecule is CCOCC1CN(S(=O)(=O)c2ccc(F)c(F)c2)c2cc(NC(=O)c3c(Cl)cccc3C(F)(F)F)ccc2O1. The lowest BCUT2D eigenvalue weighted by Gasteiger charge is -2.35. The van der Waals surface area contributed by atoms with Crippen molar-refractivity contribution in [2.24, 2.45) is 0 Å². The summed E-state index contributed by atoms with van der Waals surface area (Å²) >= 11 is 5.91. The number of amides is 1. The summed E-state index contributed by atoms with van der Waals surface area (Å²) in [6.45, 7) is 1.75. The quantitative estimate of drug-likeness (QED) is 0.347. The van der Waals surface area contributed by atoms with E-state index < -0.39 is 60.9 Å². The van der Waals surface area contributed by atoms with Gasteiger partial charge in [0.2, 0.25) is 0 Å². The molecule has 0 bridgehead atoms. The van der Waals surface area contributed by atoms with E-state index in [1.165, 1.54) is 18.2 Å². The summed E-state index contributed by atoms with van der Waals surface area (Å²) in [5, 5.41) is 1.86. The van der Waals surface area contributed by atoms with Crippen LogP contribution in [-0.2, 0) is 20.9 Å². The second-order valence-corrected chi connectivity index (χ2v) is 10.6. The standard InChI is InChI=1S/C25H20ClF5N2O5S/c1-2-37-13-15-12-33(39(35,36)16-7-8-19(27)20(28)11-16)21-10-14(6-9-22(21)38-15)32-24(34)23-17(25(29,30)31)4-3-5-18(23)26/h3-11,15H,2,12-13H2,1H3,(H,32,34). The van der Waals surface area contributed by atoms with Gasteiger partial charge in [-0.3, -0.25) is 9.10 Å². The number of nitrogens with zero attached hydrogens (tertiary/aromatic N) is 1. The monoisotopic (exact) mass is 590 g/mol. The van der Waals surface area contributed by atoms with E-state index in [0.717, 1.165) is 22.5 Å². The summed E-state index contributed by atoms with van der Waals surface area (Å²) in [4.78, 5) is 12.3. The number of hydrogen-bond acceptors (Lipinski definition) is 5. The Morgan fingerprint density at radius 2 is 1.87 bits per heavy atom. The van der Waals surface area contributed by atoms with Crippen molar-refractivity contribution >= 4 is 38.9 Å². The van der Waals surface area contributed by atoms with E-state index in [1.807, 2.05) is 0 Å². The van der Waals surface area contributed by atoms with Gasteiger partial charge in [0.15, 0.2) is 11.6 Å². The van der Waals surface area contributed by atoms with Crippen LogP contribution in [0.3, 0.4) is 0 Å². The van der Waals surface area contributed by atoms with E-state index in [0.29, 0.717) is 24.8 Å². The van der Waals surface area contributed by atoms with Crippen LogP contribution in [0.2, 0.25) is 5.02 Å². The molecule has 3 aromatic carbocycles. The van der Waals surface area contributed by atoms with Crippen LogP contribution in [0.15, 0.2) is 59.5 Å². The van der Waals surface area contributed by atoms with Crippen molar-refractivity contribution in [3.63, 3.8) is 0 Å². The highest BCUT2D eigenvalue weighted by Crippen LogP contribution is 2.40. The van der Waals surface area contributed by atoms with Crippen LogP contribution in [0.1, 0.15) is 22.8 Å². The largest absolute Gasteiger partial charge is 0.484 e. The number of ether oxygens (including phenoxy) is 2. The van der Waals surface area contributed by atoms with Gasteiger partial charge in [0.05, 0.1) is 39.9 Å². The molecule has 4 rings (SSSR count). The Morgan fingerprint density at radius 1 is 1.13 bits per heavy atom. The lowest BCUT2D eigenvalue weighted by molar-refractivity contribution is -0.137. The van der Waals surface area contributed by atoms with Crippen LogP contribution < -0.4 is 14.4 Å². The first-order chi connectivity index (χ1) is 18.3. The highest BCUT2D eigenvalue weighted by atomic mass is 35.5. The fourth-order valence-corrected chi connectivity index (χ4v) is 5.67. The third kappa shape index (κ3) is 5.94. The van der Waals surface area contributed by atoms with Crippen molar-refractivity contribution in [2.45, 2.75) is 24.1 Å². The number of sulfonamides is 1. The van der Waals surface area contributed by atoms with Crippen molar-refractivity contribution in [1.29, 1.82) is 0 Å². The summed E-state index contributed by atoms with van der Waals surface area (Å²) in [5.41, 5.74) is -2.25. The molecule has 1 N–H and O–H groups in total. The normalized spacial score (nSPS) is 15.5. The Bertz CT molecular complexity index is 1520. The van der Waals surface area contributed by atoms with Crippen molar-refractivity contribution in [3.05, 3.63) is 82.4 Å². The molecule has 1 aliphatic rings. The third-order valence-electron chi connectivity index (χ3n) is 5.68. The molecule has 0 radical (unpaired) electrons. The number of carbonyl (C=O) groups is 1. The molecule has 0 spiro atoms. The van der Waals surface area contributed by atoms with Gasteiger partial charge in [0.25, 0.3) is 15.9 Å². The Kier molecular flexibility index (Phi) is 8.05. The highest BCUT2D eigenvalue weighted by Gasteiger charge is 2.37. The van der Waals surface area contributed by atoms with Gasteiger partial charge in [0.1, 0.15) is 11.9 Å². The van der Waals surface area contributed by atoms with Crippen molar-refractivity contribution in [2.75, 3.05) is 29.4 Å². The Morgan fingerprint density at radius 3 is 2.54 bits per heavy atom. The molecule has 0 aliphatic carbocycles. The average Bonchev–Trinajstić information content (AvgIpc) is 2.87. The number of nitrogens with one attached hydrogen (secondary N) is 1. The second-order valence-electron chi connectivity index (χ2n) is 8.31. The maximum absolute atomic E-state index is 13.9. The lowest BCUT2D eigenvalue weighted by atomic mass is 10.1. The van der Waals surface area contributed by atoms with E-state index in [-0.39, 0.29) is 30.3 Å². The minimum atomic E-state index is -4.87. The number of alkyl halides is 3.